The molecule has 4 heteroatoms. The summed E-state index contributed by atoms with van der Waals surface area (Å²) in [7, 11) is 0. The molecule has 0 aliphatic rings. The van der Waals surface area contributed by atoms with Crippen LogP contribution in [0.2, 0.25) is 0 Å². The van der Waals surface area contributed by atoms with Gasteiger partial charge in [0, 0.05) is 18.8 Å². The van der Waals surface area contributed by atoms with Crippen LogP contribution in [0, 0.1) is 11.6 Å². The molecule has 0 unspecified atom stereocenters. The van der Waals surface area contributed by atoms with Gasteiger partial charge in [-0.05, 0) is 42.3 Å². The molecular weight excluding hydrogens is 270 g/mol. The molecule has 0 heterocycles. The van der Waals surface area contributed by atoms with Crippen LogP contribution < -0.4 is 5.73 Å². The summed E-state index contributed by atoms with van der Waals surface area (Å²) < 4.78 is 26.3. The fourth-order valence-electron chi connectivity index (χ4n) is 2.35. The first-order chi connectivity index (χ1) is 10.1. The fourth-order valence-corrected chi connectivity index (χ4v) is 2.35. The van der Waals surface area contributed by atoms with Gasteiger partial charge in [0.1, 0.15) is 0 Å². The maximum atomic E-state index is 13.3. The number of rotatable bonds is 6. The number of nitrogens with two attached hydrogens (primary N) is 1. The lowest BCUT2D eigenvalue weighted by Crippen LogP contribution is -2.24. The van der Waals surface area contributed by atoms with E-state index in [1.807, 2.05) is 24.3 Å². The molecule has 0 saturated heterocycles. The topological polar surface area (TPSA) is 29.3 Å². The first-order valence-corrected chi connectivity index (χ1v) is 7.09. The molecule has 2 aromatic rings. The maximum Gasteiger partial charge on any atom is 0.159 e. The highest BCUT2D eigenvalue weighted by molar-refractivity contribution is 5.46. The predicted molar refractivity (Wildman–Crippen MR) is 81.6 cm³/mol. The van der Waals surface area contributed by atoms with Gasteiger partial charge in [-0.15, -0.1) is 0 Å². The summed E-state index contributed by atoms with van der Waals surface area (Å²) in [6, 6.07) is 11.8. The van der Waals surface area contributed by atoms with E-state index in [4.69, 9.17) is 5.73 Å². The minimum atomic E-state index is -0.812. The van der Waals surface area contributed by atoms with Crippen molar-refractivity contribution in [1.29, 1.82) is 0 Å². The Labute approximate surface area is 124 Å². The molecular formula is C17H20F2N2. The van der Waals surface area contributed by atoms with Gasteiger partial charge in [0.25, 0.3) is 0 Å². The number of para-hydroxylation sites is 1. The monoisotopic (exact) mass is 290 g/mol. The van der Waals surface area contributed by atoms with Crippen LogP contribution in [0.15, 0.2) is 42.5 Å². The molecule has 0 aromatic heterocycles. The van der Waals surface area contributed by atoms with E-state index in [1.54, 1.807) is 6.07 Å². The lowest BCUT2D eigenvalue weighted by atomic mass is 10.1. The predicted octanol–water partition coefficient (Wildman–Crippen LogP) is 3.96. The third-order valence-electron chi connectivity index (χ3n) is 3.38. The van der Waals surface area contributed by atoms with Gasteiger partial charge in [0.15, 0.2) is 11.6 Å². The highest BCUT2D eigenvalue weighted by Crippen LogP contribution is 2.17. The van der Waals surface area contributed by atoms with E-state index in [-0.39, 0.29) is 0 Å². The quantitative estimate of drug-likeness (QED) is 0.816. The van der Waals surface area contributed by atoms with E-state index in [1.165, 1.54) is 12.1 Å². The number of hydrogen-bond acceptors (Lipinski definition) is 2. The van der Waals surface area contributed by atoms with Crippen molar-refractivity contribution in [3.05, 3.63) is 65.2 Å². The first kappa shape index (κ1) is 15.4. The third kappa shape index (κ3) is 4.26. The molecule has 0 spiro atoms. The highest BCUT2D eigenvalue weighted by atomic mass is 19.2. The van der Waals surface area contributed by atoms with Crippen molar-refractivity contribution in [2.75, 3.05) is 12.3 Å². The van der Waals surface area contributed by atoms with Crippen LogP contribution in [0.3, 0.4) is 0 Å². The summed E-state index contributed by atoms with van der Waals surface area (Å²) in [5.74, 6) is -1.61. The normalized spacial score (nSPS) is 11.0. The smallest absolute Gasteiger partial charge is 0.159 e. The van der Waals surface area contributed by atoms with Gasteiger partial charge in [-0.1, -0.05) is 31.2 Å². The van der Waals surface area contributed by atoms with Crippen LogP contribution in [-0.4, -0.2) is 11.4 Å². The minimum Gasteiger partial charge on any atom is -0.398 e. The molecule has 0 bridgehead atoms. The Bertz CT molecular complexity index is 599. The number of benzene rings is 2. The maximum absolute atomic E-state index is 13.3. The molecule has 0 aliphatic carbocycles. The SMILES string of the molecule is CCCN(Cc1ccc(F)c(F)c1)Cc1ccccc1N. The Balaban J connectivity index is 2.11. The van der Waals surface area contributed by atoms with E-state index in [2.05, 4.69) is 11.8 Å². The average Bonchev–Trinajstić information content (AvgIpc) is 2.46. The molecule has 2 N–H and O–H groups in total. The van der Waals surface area contributed by atoms with Gasteiger partial charge >= 0.3 is 0 Å². The molecule has 2 rings (SSSR count). The van der Waals surface area contributed by atoms with Crippen LogP contribution >= 0.6 is 0 Å². The van der Waals surface area contributed by atoms with E-state index >= 15 is 0 Å². The van der Waals surface area contributed by atoms with Crippen molar-refractivity contribution in [3.8, 4) is 0 Å². The lowest BCUT2D eigenvalue weighted by Gasteiger charge is -2.22. The molecule has 0 aliphatic heterocycles. The molecule has 0 radical (unpaired) electrons. The Morgan fingerprint density at radius 3 is 2.43 bits per heavy atom. The summed E-state index contributed by atoms with van der Waals surface area (Å²) in [6.07, 6.45) is 0.983. The second-order valence-electron chi connectivity index (χ2n) is 5.16. The van der Waals surface area contributed by atoms with Gasteiger partial charge in [-0.3, -0.25) is 4.90 Å². The molecule has 0 atom stereocenters. The number of halogens is 2. The van der Waals surface area contributed by atoms with E-state index < -0.39 is 11.6 Å². The zero-order valence-electron chi connectivity index (χ0n) is 12.2. The van der Waals surface area contributed by atoms with Crippen LogP contribution in [0.5, 0.6) is 0 Å². The first-order valence-electron chi connectivity index (χ1n) is 7.09. The molecule has 112 valence electrons. The molecule has 2 aromatic carbocycles. The molecule has 2 nitrogen and oxygen atoms in total. The number of anilines is 1. The summed E-state index contributed by atoms with van der Waals surface area (Å²) in [6.45, 7) is 4.22. The molecule has 0 amide bonds. The van der Waals surface area contributed by atoms with Crippen LogP contribution in [0.1, 0.15) is 24.5 Å². The van der Waals surface area contributed by atoms with Crippen LogP contribution in [-0.2, 0) is 13.1 Å². The van der Waals surface area contributed by atoms with Gasteiger partial charge in [-0.25, -0.2) is 8.78 Å². The standard InChI is InChI=1S/C17H20F2N2/c1-2-9-21(12-14-5-3-4-6-17(14)20)11-13-7-8-15(18)16(19)10-13/h3-8,10H,2,9,11-12,20H2,1H3. The van der Waals surface area contributed by atoms with Crippen molar-refractivity contribution < 1.29 is 8.78 Å². The number of hydrogen-bond donors (Lipinski definition) is 1. The van der Waals surface area contributed by atoms with Gasteiger partial charge in [-0.2, -0.15) is 0 Å². The van der Waals surface area contributed by atoms with Gasteiger partial charge < -0.3 is 5.73 Å². The van der Waals surface area contributed by atoms with Crippen LogP contribution in [0.25, 0.3) is 0 Å². The number of nitrogens with zero attached hydrogens (tertiary/aromatic N) is 1. The Morgan fingerprint density at radius 2 is 1.76 bits per heavy atom. The van der Waals surface area contributed by atoms with Crippen molar-refractivity contribution in [2.24, 2.45) is 0 Å². The summed E-state index contributed by atoms with van der Waals surface area (Å²) >= 11 is 0. The Morgan fingerprint density at radius 1 is 1.00 bits per heavy atom. The molecule has 21 heavy (non-hydrogen) atoms. The summed E-state index contributed by atoms with van der Waals surface area (Å²) in [5.41, 5.74) is 8.53. The van der Waals surface area contributed by atoms with Gasteiger partial charge in [0.05, 0.1) is 0 Å². The molecule has 0 saturated carbocycles. The third-order valence-corrected chi connectivity index (χ3v) is 3.38. The second kappa shape index (κ2) is 7.18. The zero-order valence-corrected chi connectivity index (χ0v) is 12.2. The highest BCUT2D eigenvalue weighted by Gasteiger charge is 2.10. The Kier molecular flexibility index (Phi) is 5.28. The van der Waals surface area contributed by atoms with Crippen molar-refractivity contribution >= 4 is 5.69 Å². The van der Waals surface area contributed by atoms with Crippen molar-refractivity contribution in [2.45, 2.75) is 26.4 Å². The van der Waals surface area contributed by atoms with E-state index in [9.17, 15) is 8.78 Å². The Hall–Kier alpha value is -1.94. The van der Waals surface area contributed by atoms with Crippen molar-refractivity contribution in [1.82, 2.24) is 4.90 Å². The largest absolute Gasteiger partial charge is 0.398 e. The average molecular weight is 290 g/mol. The van der Waals surface area contributed by atoms with E-state index in [0.29, 0.717) is 13.1 Å². The zero-order chi connectivity index (χ0) is 15.2. The van der Waals surface area contributed by atoms with Crippen LogP contribution in [0.4, 0.5) is 14.5 Å². The minimum absolute atomic E-state index is 0.569. The van der Waals surface area contributed by atoms with Gasteiger partial charge in [0.2, 0.25) is 0 Å². The lowest BCUT2D eigenvalue weighted by molar-refractivity contribution is 0.257. The summed E-state index contributed by atoms with van der Waals surface area (Å²) in [4.78, 5) is 2.18. The molecule has 0 fully saturated rings. The van der Waals surface area contributed by atoms with Crippen molar-refractivity contribution in [3.63, 3.8) is 0 Å². The summed E-state index contributed by atoms with van der Waals surface area (Å²) in [5, 5.41) is 0. The number of nitrogen functional groups attached to an aromatic ring is 1. The van der Waals surface area contributed by atoms with E-state index in [0.717, 1.165) is 29.8 Å². The second-order valence-corrected chi connectivity index (χ2v) is 5.16. The fraction of sp³-hybridized carbons (Fsp3) is 0.294.